The molecule has 0 heterocycles. The highest BCUT2D eigenvalue weighted by Crippen LogP contribution is 2.36. The van der Waals surface area contributed by atoms with Crippen LogP contribution in [0.15, 0.2) is 42.5 Å². The third-order valence-corrected chi connectivity index (χ3v) is 3.85. The number of hydrogen-bond donors (Lipinski definition) is 1. The van der Waals surface area contributed by atoms with E-state index < -0.39 is 29.0 Å². The van der Waals surface area contributed by atoms with E-state index in [0.717, 1.165) is 29.2 Å². The summed E-state index contributed by atoms with van der Waals surface area (Å²) in [5.41, 5.74) is -1.52. The minimum Gasteiger partial charge on any atom is -0.308 e. The molecule has 148 valence electrons. The van der Waals surface area contributed by atoms with Crippen LogP contribution in [-0.2, 0) is 11.0 Å². The number of anilines is 2. The molecule has 28 heavy (non-hydrogen) atoms. The monoisotopic (exact) mass is 393 g/mol. The Morgan fingerprint density at radius 2 is 1.75 bits per heavy atom. The number of rotatable bonds is 6. The smallest absolute Gasteiger partial charge is 0.308 e. The first-order valence-electron chi connectivity index (χ1n) is 8.54. The number of nitrogens with zero attached hydrogens (tertiary/aromatic N) is 2. The van der Waals surface area contributed by atoms with Gasteiger partial charge in [-0.2, -0.15) is 18.4 Å². The van der Waals surface area contributed by atoms with E-state index in [1.165, 1.54) is 24.3 Å². The van der Waals surface area contributed by atoms with Crippen molar-refractivity contribution >= 4 is 17.3 Å². The average Bonchev–Trinajstić information content (AvgIpc) is 2.62. The molecule has 1 amide bonds. The summed E-state index contributed by atoms with van der Waals surface area (Å²) in [6.45, 7) is 4.33. The highest BCUT2D eigenvalue weighted by Gasteiger charge is 2.34. The number of alkyl halides is 3. The highest BCUT2D eigenvalue weighted by molar-refractivity contribution is 6.01. The van der Waals surface area contributed by atoms with Crippen LogP contribution in [0.5, 0.6) is 0 Å². The molecule has 0 spiro atoms. The van der Waals surface area contributed by atoms with Crippen LogP contribution in [0.25, 0.3) is 0 Å². The van der Waals surface area contributed by atoms with Gasteiger partial charge in [-0.1, -0.05) is 13.8 Å². The van der Waals surface area contributed by atoms with Gasteiger partial charge in [0.2, 0.25) is 5.91 Å². The molecule has 2 rings (SSSR count). The number of nitrogens with one attached hydrogen (secondary N) is 1. The fourth-order valence-corrected chi connectivity index (χ4v) is 2.58. The quantitative estimate of drug-likeness (QED) is 0.729. The second-order valence-electron chi connectivity index (χ2n) is 6.57. The zero-order valence-corrected chi connectivity index (χ0v) is 15.3. The Kier molecular flexibility index (Phi) is 6.75. The number of nitriles is 1. The van der Waals surface area contributed by atoms with Gasteiger partial charge >= 0.3 is 6.18 Å². The zero-order chi connectivity index (χ0) is 20.9. The Balaban J connectivity index is 2.48. The third kappa shape index (κ3) is 5.30. The van der Waals surface area contributed by atoms with Crippen LogP contribution in [0.4, 0.5) is 28.9 Å². The number of carbonyl (C=O) groups is 1. The van der Waals surface area contributed by atoms with E-state index in [9.17, 15) is 22.4 Å². The Labute approximate surface area is 160 Å². The van der Waals surface area contributed by atoms with Crippen molar-refractivity contribution in [2.75, 3.05) is 18.0 Å². The van der Waals surface area contributed by atoms with Gasteiger partial charge in [0.15, 0.2) is 0 Å². The van der Waals surface area contributed by atoms with Gasteiger partial charge in [-0.05, 0) is 54.9 Å². The van der Waals surface area contributed by atoms with Crippen molar-refractivity contribution in [2.24, 2.45) is 5.92 Å². The summed E-state index contributed by atoms with van der Waals surface area (Å²) in [6, 6.07) is 9.38. The summed E-state index contributed by atoms with van der Waals surface area (Å²) in [5.74, 6) is -0.770. The summed E-state index contributed by atoms with van der Waals surface area (Å²) < 4.78 is 53.2. The van der Waals surface area contributed by atoms with Crippen molar-refractivity contribution < 1.29 is 22.4 Å². The van der Waals surface area contributed by atoms with Crippen molar-refractivity contribution in [2.45, 2.75) is 20.0 Å². The van der Waals surface area contributed by atoms with Gasteiger partial charge in [0, 0.05) is 11.4 Å². The Morgan fingerprint density at radius 1 is 1.14 bits per heavy atom. The largest absolute Gasteiger partial charge is 0.417 e. The lowest BCUT2D eigenvalue weighted by atomic mass is 10.1. The van der Waals surface area contributed by atoms with Gasteiger partial charge in [0.1, 0.15) is 5.82 Å². The lowest BCUT2D eigenvalue weighted by Crippen LogP contribution is -2.36. The molecule has 0 aromatic heterocycles. The summed E-state index contributed by atoms with van der Waals surface area (Å²) in [4.78, 5) is 13.8. The first-order chi connectivity index (χ1) is 13.1. The zero-order valence-electron chi connectivity index (χ0n) is 15.3. The minimum absolute atomic E-state index is 0.0609. The van der Waals surface area contributed by atoms with Crippen molar-refractivity contribution in [1.82, 2.24) is 5.32 Å². The van der Waals surface area contributed by atoms with Gasteiger partial charge in [0.05, 0.1) is 23.7 Å². The second kappa shape index (κ2) is 8.85. The summed E-state index contributed by atoms with van der Waals surface area (Å²) in [5, 5.41) is 11.9. The molecule has 0 saturated carbocycles. The van der Waals surface area contributed by atoms with Crippen LogP contribution in [0.3, 0.4) is 0 Å². The van der Waals surface area contributed by atoms with E-state index in [1.54, 1.807) is 0 Å². The van der Waals surface area contributed by atoms with Crippen molar-refractivity contribution in [3.05, 3.63) is 59.4 Å². The van der Waals surface area contributed by atoms with Crippen LogP contribution in [0.2, 0.25) is 0 Å². The molecule has 0 unspecified atom stereocenters. The molecule has 1 N–H and O–H groups in total. The fourth-order valence-electron chi connectivity index (χ4n) is 2.58. The third-order valence-electron chi connectivity index (χ3n) is 3.85. The number of carbonyl (C=O) groups excluding carboxylic acids is 1. The van der Waals surface area contributed by atoms with Crippen LogP contribution in [0.1, 0.15) is 25.0 Å². The van der Waals surface area contributed by atoms with Gasteiger partial charge in [-0.25, -0.2) is 4.39 Å². The molecule has 2 aromatic rings. The summed E-state index contributed by atoms with van der Waals surface area (Å²) in [6.07, 6.45) is -4.76. The van der Waals surface area contributed by atoms with Gasteiger partial charge in [0.25, 0.3) is 0 Å². The van der Waals surface area contributed by atoms with Gasteiger partial charge in [-0.15, -0.1) is 0 Å². The van der Waals surface area contributed by atoms with Crippen molar-refractivity contribution in [1.29, 1.82) is 5.26 Å². The van der Waals surface area contributed by atoms with Crippen molar-refractivity contribution in [3.8, 4) is 6.07 Å². The molecule has 0 bridgehead atoms. The predicted molar refractivity (Wildman–Crippen MR) is 97.4 cm³/mol. The maximum atomic E-state index is 13.3. The second-order valence-corrected chi connectivity index (χ2v) is 6.57. The number of halogens is 4. The summed E-state index contributed by atoms with van der Waals surface area (Å²) in [7, 11) is 0. The molecule has 4 nitrogen and oxygen atoms in total. The molecular formula is C20H19F4N3O. The molecule has 0 saturated heterocycles. The van der Waals surface area contributed by atoms with E-state index in [1.807, 2.05) is 13.8 Å². The Bertz CT molecular complexity index is 871. The number of hydrogen-bond acceptors (Lipinski definition) is 3. The van der Waals surface area contributed by atoms with E-state index in [-0.39, 0.29) is 23.8 Å². The predicted octanol–water partition coefficient (Wildman–Crippen LogP) is 4.63. The number of benzene rings is 2. The molecule has 0 aliphatic carbocycles. The first-order valence-corrected chi connectivity index (χ1v) is 8.54. The molecule has 0 radical (unpaired) electrons. The van der Waals surface area contributed by atoms with Gasteiger partial charge in [-0.3, -0.25) is 9.69 Å². The standard InChI is InChI=1S/C20H19F4N3O/c1-13(2)11-26-12-19(28)27(16-7-4-15(21)5-8-16)17-6-3-14(10-25)18(9-17)20(22,23)24/h3-9,13,26H,11-12H2,1-2H3. The summed E-state index contributed by atoms with van der Waals surface area (Å²) >= 11 is 0. The number of amides is 1. The maximum Gasteiger partial charge on any atom is 0.417 e. The Hall–Kier alpha value is -2.92. The van der Waals surface area contributed by atoms with Gasteiger partial charge < -0.3 is 5.32 Å². The molecule has 0 aliphatic rings. The topological polar surface area (TPSA) is 56.1 Å². The molecular weight excluding hydrogens is 374 g/mol. The van der Waals surface area contributed by atoms with E-state index in [0.29, 0.717) is 6.54 Å². The molecule has 0 atom stereocenters. The normalized spacial score (nSPS) is 11.4. The molecule has 0 fully saturated rings. The molecule has 0 aliphatic heterocycles. The van der Waals surface area contributed by atoms with E-state index in [2.05, 4.69) is 5.32 Å². The van der Waals surface area contributed by atoms with Crippen LogP contribution < -0.4 is 10.2 Å². The average molecular weight is 393 g/mol. The highest BCUT2D eigenvalue weighted by atomic mass is 19.4. The minimum atomic E-state index is -4.76. The van der Waals surface area contributed by atoms with E-state index >= 15 is 0 Å². The van der Waals surface area contributed by atoms with E-state index in [4.69, 9.17) is 5.26 Å². The lowest BCUT2D eigenvalue weighted by molar-refractivity contribution is -0.137. The fraction of sp³-hybridized carbons (Fsp3) is 0.300. The molecule has 8 heteroatoms. The van der Waals surface area contributed by atoms with Crippen LogP contribution in [-0.4, -0.2) is 19.0 Å². The van der Waals surface area contributed by atoms with Crippen LogP contribution >= 0.6 is 0 Å². The maximum absolute atomic E-state index is 13.3. The molecule has 2 aromatic carbocycles. The Morgan fingerprint density at radius 3 is 2.29 bits per heavy atom. The first kappa shape index (κ1) is 21.4. The SMILES string of the molecule is CC(C)CNCC(=O)N(c1ccc(F)cc1)c1ccc(C#N)c(C(F)(F)F)c1. The lowest BCUT2D eigenvalue weighted by Gasteiger charge is -2.25. The van der Waals surface area contributed by atoms with Crippen LogP contribution in [0, 0.1) is 23.1 Å². The van der Waals surface area contributed by atoms with Crippen molar-refractivity contribution in [3.63, 3.8) is 0 Å².